The number of ether oxygens (including phenoxy) is 3. The molecule has 0 aliphatic carbocycles. The van der Waals surface area contributed by atoms with Gasteiger partial charge in [0.15, 0.2) is 5.79 Å². The molecular formula is C17H33NO4. The molecule has 0 saturated carbocycles. The van der Waals surface area contributed by atoms with Gasteiger partial charge in [-0.25, -0.2) is 0 Å². The van der Waals surface area contributed by atoms with Crippen molar-refractivity contribution in [1.82, 2.24) is 4.90 Å². The highest BCUT2D eigenvalue weighted by Gasteiger charge is 2.43. The lowest BCUT2D eigenvalue weighted by Gasteiger charge is -2.43. The summed E-state index contributed by atoms with van der Waals surface area (Å²) in [5.74, 6) is -0.975. The van der Waals surface area contributed by atoms with E-state index in [0.29, 0.717) is 39.3 Å². The van der Waals surface area contributed by atoms with Gasteiger partial charge in [0.25, 0.3) is 0 Å². The molecule has 1 unspecified atom stereocenters. The Balaban J connectivity index is 2.52. The van der Waals surface area contributed by atoms with Gasteiger partial charge in [0.1, 0.15) is 0 Å². The molecule has 5 heteroatoms. The summed E-state index contributed by atoms with van der Waals surface area (Å²) in [7, 11) is 1.99. The predicted octanol–water partition coefficient (Wildman–Crippen LogP) is 2.83. The minimum absolute atomic E-state index is 0.119. The van der Waals surface area contributed by atoms with E-state index in [-0.39, 0.29) is 11.9 Å². The second-order valence-electron chi connectivity index (χ2n) is 6.10. The molecule has 0 aromatic heterocycles. The van der Waals surface area contributed by atoms with Crippen LogP contribution in [0, 0.1) is 5.92 Å². The fourth-order valence-corrected chi connectivity index (χ4v) is 3.11. The van der Waals surface area contributed by atoms with Crippen molar-refractivity contribution < 1.29 is 19.0 Å². The van der Waals surface area contributed by atoms with Gasteiger partial charge < -0.3 is 19.1 Å². The Morgan fingerprint density at radius 2 is 1.82 bits per heavy atom. The summed E-state index contributed by atoms with van der Waals surface area (Å²) in [4.78, 5) is 14.4. The van der Waals surface area contributed by atoms with Crippen LogP contribution in [-0.2, 0) is 19.0 Å². The zero-order valence-corrected chi connectivity index (χ0v) is 14.7. The molecule has 0 amide bonds. The van der Waals surface area contributed by atoms with Crippen LogP contribution in [0.5, 0.6) is 0 Å². The first kappa shape index (κ1) is 19.4. The fraction of sp³-hybridized carbons (Fsp3) is 0.941. The number of esters is 1. The van der Waals surface area contributed by atoms with Crippen LogP contribution in [0.2, 0.25) is 0 Å². The summed E-state index contributed by atoms with van der Waals surface area (Å²) < 4.78 is 17.1. The van der Waals surface area contributed by atoms with E-state index >= 15 is 0 Å². The molecule has 1 fully saturated rings. The van der Waals surface area contributed by atoms with Crippen LogP contribution < -0.4 is 0 Å². The number of likely N-dealkylation sites (N-methyl/N-ethyl adjacent to an activating group) is 1. The SMILES string of the molecule is CCCCCCOC(=O)C1CN(C)CC(OCC)(OCC)C1. The Morgan fingerprint density at radius 3 is 2.41 bits per heavy atom. The van der Waals surface area contributed by atoms with Crippen LogP contribution in [0.1, 0.15) is 52.9 Å². The summed E-state index contributed by atoms with van der Waals surface area (Å²) in [5.41, 5.74) is 0. The van der Waals surface area contributed by atoms with Crippen molar-refractivity contribution in [3.05, 3.63) is 0 Å². The predicted molar refractivity (Wildman–Crippen MR) is 86.7 cm³/mol. The Kier molecular flexibility index (Phi) is 8.98. The first-order valence-corrected chi connectivity index (χ1v) is 8.70. The summed E-state index contributed by atoms with van der Waals surface area (Å²) in [6.07, 6.45) is 5.03. The minimum Gasteiger partial charge on any atom is -0.465 e. The second kappa shape index (κ2) is 10.2. The molecule has 0 aromatic rings. The Labute approximate surface area is 135 Å². The van der Waals surface area contributed by atoms with Crippen LogP contribution >= 0.6 is 0 Å². The van der Waals surface area contributed by atoms with Gasteiger partial charge in [-0.05, 0) is 27.3 Å². The normalized spacial score (nSPS) is 21.7. The van der Waals surface area contributed by atoms with E-state index in [1.807, 2.05) is 20.9 Å². The molecule has 0 aromatic carbocycles. The number of nitrogens with zero attached hydrogens (tertiary/aromatic N) is 1. The van der Waals surface area contributed by atoms with Crippen molar-refractivity contribution in [2.24, 2.45) is 5.92 Å². The zero-order valence-electron chi connectivity index (χ0n) is 14.7. The lowest BCUT2D eigenvalue weighted by atomic mass is 9.93. The van der Waals surface area contributed by atoms with E-state index in [4.69, 9.17) is 14.2 Å². The Bertz CT molecular complexity index is 316. The highest BCUT2D eigenvalue weighted by molar-refractivity contribution is 5.73. The Morgan fingerprint density at radius 1 is 1.14 bits per heavy atom. The van der Waals surface area contributed by atoms with Gasteiger partial charge >= 0.3 is 5.97 Å². The quantitative estimate of drug-likeness (QED) is 0.352. The monoisotopic (exact) mass is 315 g/mol. The van der Waals surface area contributed by atoms with Crippen LogP contribution in [0.15, 0.2) is 0 Å². The number of carbonyl (C=O) groups excluding carboxylic acids is 1. The highest BCUT2D eigenvalue weighted by Crippen LogP contribution is 2.30. The number of piperidine rings is 1. The molecule has 0 bridgehead atoms. The average molecular weight is 315 g/mol. The summed E-state index contributed by atoms with van der Waals surface area (Å²) in [5, 5.41) is 0. The largest absolute Gasteiger partial charge is 0.465 e. The topological polar surface area (TPSA) is 48.0 Å². The molecule has 1 heterocycles. The van der Waals surface area contributed by atoms with Crippen molar-refractivity contribution in [3.63, 3.8) is 0 Å². The molecule has 5 nitrogen and oxygen atoms in total. The van der Waals surface area contributed by atoms with E-state index in [2.05, 4.69) is 11.8 Å². The van der Waals surface area contributed by atoms with Crippen molar-refractivity contribution in [2.75, 3.05) is 40.0 Å². The third kappa shape index (κ3) is 6.23. The first-order valence-electron chi connectivity index (χ1n) is 8.70. The molecule has 130 valence electrons. The van der Waals surface area contributed by atoms with E-state index < -0.39 is 5.79 Å². The molecule has 1 aliphatic rings. The van der Waals surface area contributed by atoms with E-state index in [1.54, 1.807) is 0 Å². The standard InChI is InChI=1S/C17H33NO4/c1-5-8-9-10-11-20-16(19)15-12-17(21-6-2,22-7-3)14-18(4)13-15/h15H,5-14H2,1-4H3. The molecule has 0 N–H and O–H groups in total. The number of carbonyl (C=O) groups is 1. The van der Waals surface area contributed by atoms with Gasteiger partial charge in [-0.15, -0.1) is 0 Å². The number of unbranched alkanes of at least 4 members (excludes halogenated alkanes) is 3. The molecule has 22 heavy (non-hydrogen) atoms. The molecule has 1 aliphatic heterocycles. The molecule has 0 spiro atoms. The summed E-state index contributed by atoms with van der Waals surface area (Å²) in [6.45, 7) is 9.15. The van der Waals surface area contributed by atoms with Crippen molar-refractivity contribution in [3.8, 4) is 0 Å². The van der Waals surface area contributed by atoms with E-state index in [9.17, 15) is 4.79 Å². The third-order valence-corrected chi connectivity index (χ3v) is 3.99. The molecule has 1 rings (SSSR count). The lowest BCUT2D eigenvalue weighted by Crippen LogP contribution is -2.55. The third-order valence-electron chi connectivity index (χ3n) is 3.99. The van der Waals surface area contributed by atoms with Crippen molar-refractivity contribution in [1.29, 1.82) is 0 Å². The second-order valence-corrected chi connectivity index (χ2v) is 6.10. The van der Waals surface area contributed by atoms with Crippen LogP contribution in [0.4, 0.5) is 0 Å². The van der Waals surface area contributed by atoms with Gasteiger partial charge in [0.2, 0.25) is 0 Å². The fourth-order valence-electron chi connectivity index (χ4n) is 3.11. The number of hydrogen-bond donors (Lipinski definition) is 0. The zero-order chi connectivity index (χ0) is 16.4. The molecule has 1 atom stereocenters. The number of likely N-dealkylation sites (tertiary alicyclic amines) is 1. The first-order chi connectivity index (χ1) is 10.6. The maximum atomic E-state index is 12.3. The number of rotatable bonds is 10. The van der Waals surface area contributed by atoms with Crippen molar-refractivity contribution >= 4 is 5.97 Å². The average Bonchev–Trinajstić information content (AvgIpc) is 2.46. The minimum atomic E-state index is -0.678. The maximum absolute atomic E-state index is 12.3. The van der Waals surface area contributed by atoms with Gasteiger partial charge in [0.05, 0.1) is 19.1 Å². The van der Waals surface area contributed by atoms with Gasteiger partial charge in [0, 0.05) is 26.2 Å². The van der Waals surface area contributed by atoms with Gasteiger partial charge in [-0.1, -0.05) is 26.2 Å². The van der Waals surface area contributed by atoms with Gasteiger partial charge in [-0.3, -0.25) is 4.79 Å². The van der Waals surface area contributed by atoms with Crippen LogP contribution in [0.3, 0.4) is 0 Å². The summed E-state index contributed by atoms with van der Waals surface area (Å²) >= 11 is 0. The lowest BCUT2D eigenvalue weighted by molar-refractivity contribution is -0.262. The number of hydrogen-bond acceptors (Lipinski definition) is 5. The molecule has 1 saturated heterocycles. The van der Waals surface area contributed by atoms with E-state index in [1.165, 1.54) is 12.8 Å². The van der Waals surface area contributed by atoms with Crippen LogP contribution in [-0.4, -0.2) is 56.6 Å². The molecular weight excluding hydrogens is 282 g/mol. The Hall–Kier alpha value is -0.650. The smallest absolute Gasteiger partial charge is 0.310 e. The van der Waals surface area contributed by atoms with Crippen LogP contribution in [0.25, 0.3) is 0 Å². The van der Waals surface area contributed by atoms with Gasteiger partial charge in [-0.2, -0.15) is 0 Å². The van der Waals surface area contributed by atoms with E-state index in [0.717, 1.165) is 12.8 Å². The summed E-state index contributed by atoms with van der Waals surface area (Å²) in [6, 6.07) is 0. The molecule has 0 radical (unpaired) electrons. The maximum Gasteiger partial charge on any atom is 0.310 e. The highest BCUT2D eigenvalue weighted by atomic mass is 16.7. The van der Waals surface area contributed by atoms with Crippen molar-refractivity contribution in [2.45, 2.75) is 58.7 Å².